The maximum absolute atomic E-state index is 14.5. The van der Waals surface area contributed by atoms with E-state index in [-0.39, 0.29) is 34.5 Å². The number of nitrogens with one attached hydrogen (secondary N) is 1. The number of carbonyl (C=O) groups is 2. The molecule has 0 aliphatic rings. The minimum Gasteiger partial charge on any atom is -0.495 e. The third-order valence-electron chi connectivity index (χ3n) is 7.10. The van der Waals surface area contributed by atoms with Crippen molar-refractivity contribution < 1.29 is 22.7 Å². The normalized spacial score (nSPS) is 11.8. The third kappa shape index (κ3) is 8.78. The summed E-state index contributed by atoms with van der Waals surface area (Å²) < 4.78 is 34.4. The van der Waals surface area contributed by atoms with E-state index >= 15 is 0 Å². The highest BCUT2D eigenvalue weighted by molar-refractivity contribution is 7.92. The van der Waals surface area contributed by atoms with Gasteiger partial charge in [0.25, 0.3) is 10.0 Å². The molecule has 0 unspecified atom stereocenters. The van der Waals surface area contributed by atoms with Crippen LogP contribution in [0.4, 0.5) is 5.69 Å². The van der Waals surface area contributed by atoms with Gasteiger partial charge in [0.2, 0.25) is 11.8 Å². The van der Waals surface area contributed by atoms with Crippen molar-refractivity contribution in [3.63, 3.8) is 0 Å². The van der Waals surface area contributed by atoms with Crippen LogP contribution in [0.25, 0.3) is 0 Å². The minimum atomic E-state index is -4.25. The molecule has 11 heteroatoms. The zero-order valence-corrected chi connectivity index (χ0v) is 27.4. The summed E-state index contributed by atoms with van der Waals surface area (Å²) in [4.78, 5) is 29.6. The number of amides is 2. The van der Waals surface area contributed by atoms with E-state index in [4.69, 9.17) is 27.9 Å². The van der Waals surface area contributed by atoms with Gasteiger partial charge in [-0.25, -0.2) is 8.42 Å². The molecule has 0 heterocycles. The molecule has 0 aliphatic carbocycles. The minimum absolute atomic E-state index is 0.00680. The smallest absolute Gasteiger partial charge is 0.264 e. The number of methoxy groups -OCH3 is 1. The lowest BCUT2D eigenvalue weighted by atomic mass is 10.0. The van der Waals surface area contributed by atoms with Crippen LogP contribution in [0.15, 0.2) is 108 Å². The Morgan fingerprint density at radius 3 is 2.16 bits per heavy atom. The molecule has 4 aromatic carbocycles. The van der Waals surface area contributed by atoms with Gasteiger partial charge in [-0.2, -0.15) is 0 Å². The fourth-order valence-electron chi connectivity index (χ4n) is 4.81. The van der Waals surface area contributed by atoms with Crippen molar-refractivity contribution in [3.8, 4) is 5.75 Å². The molecule has 1 N–H and O–H groups in total. The number of carbonyl (C=O) groups excluding carboxylic acids is 2. The van der Waals surface area contributed by atoms with Crippen LogP contribution in [-0.4, -0.2) is 51.4 Å². The highest BCUT2D eigenvalue weighted by atomic mass is 35.5. The lowest BCUT2D eigenvalue weighted by molar-refractivity contribution is -0.140. The molecule has 2 amide bonds. The molecule has 0 aliphatic heterocycles. The van der Waals surface area contributed by atoms with E-state index in [0.717, 1.165) is 9.87 Å². The molecule has 0 radical (unpaired) electrons. The second-order valence-electron chi connectivity index (χ2n) is 10.3. The lowest BCUT2D eigenvalue weighted by Crippen LogP contribution is -2.53. The van der Waals surface area contributed by atoms with Crippen molar-refractivity contribution in [2.75, 3.05) is 24.5 Å². The second kappa shape index (κ2) is 15.8. The van der Waals surface area contributed by atoms with E-state index in [1.165, 1.54) is 42.3 Å². The zero-order valence-electron chi connectivity index (χ0n) is 25.0. The summed E-state index contributed by atoms with van der Waals surface area (Å²) >= 11 is 12.7. The van der Waals surface area contributed by atoms with Gasteiger partial charge in [-0.3, -0.25) is 13.9 Å². The van der Waals surface area contributed by atoms with Crippen molar-refractivity contribution in [1.29, 1.82) is 0 Å². The summed E-state index contributed by atoms with van der Waals surface area (Å²) in [5.74, 6) is -0.586. The Balaban J connectivity index is 1.81. The fraction of sp³-hybridized carbons (Fsp3) is 0.235. The zero-order chi connectivity index (χ0) is 32.4. The third-order valence-corrected chi connectivity index (χ3v) is 9.41. The molecule has 0 saturated carbocycles. The Labute approximate surface area is 274 Å². The number of halogens is 2. The Kier molecular flexibility index (Phi) is 11.9. The van der Waals surface area contributed by atoms with Gasteiger partial charge in [0.1, 0.15) is 18.3 Å². The van der Waals surface area contributed by atoms with Gasteiger partial charge >= 0.3 is 0 Å². The maximum Gasteiger partial charge on any atom is 0.264 e. The Bertz CT molecular complexity index is 1710. The van der Waals surface area contributed by atoms with Gasteiger partial charge < -0.3 is 15.0 Å². The molecule has 0 spiro atoms. The molecule has 0 fully saturated rings. The summed E-state index contributed by atoms with van der Waals surface area (Å²) in [5, 5.41) is 3.57. The largest absolute Gasteiger partial charge is 0.495 e. The number of ether oxygens (including phenoxy) is 1. The Morgan fingerprint density at radius 1 is 0.867 bits per heavy atom. The number of hydrogen-bond donors (Lipinski definition) is 1. The van der Waals surface area contributed by atoms with Crippen LogP contribution in [0.3, 0.4) is 0 Å². The number of rotatable bonds is 14. The molecule has 8 nitrogen and oxygen atoms in total. The SMILES string of the molecule is CCCNC(=O)[C@@H](Cc1ccccc1)N(Cc1cccc(Cl)c1)C(=O)CN(c1ccc(OC)c(Cl)c1)S(=O)(=O)c1ccccc1. The summed E-state index contributed by atoms with van der Waals surface area (Å²) in [5.41, 5.74) is 1.69. The van der Waals surface area contributed by atoms with E-state index in [9.17, 15) is 18.0 Å². The van der Waals surface area contributed by atoms with Gasteiger partial charge in [-0.1, -0.05) is 90.8 Å². The van der Waals surface area contributed by atoms with Crippen LogP contribution in [-0.2, 0) is 32.6 Å². The van der Waals surface area contributed by atoms with E-state index in [1.807, 2.05) is 37.3 Å². The van der Waals surface area contributed by atoms with Gasteiger partial charge in [-0.15, -0.1) is 0 Å². The van der Waals surface area contributed by atoms with Crippen molar-refractivity contribution in [2.24, 2.45) is 0 Å². The van der Waals surface area contributed by atoms with Crippen LogP contribution in [0, 0.1) is 0 Å². The van der Waals surface area contributed by atoms with Gasteiger partial charge in [0, 0.05) is 24.5 Å². The van der Waals surface area contributed by atoms with Crippen LogP contribution in [0.1, 0.15) is 24.5 Å². The first-order valence-corrected chi connectivity index (χ1v) is 16.6. The topological polar surface area (TPSA) is 96.0 Å². The Morgan fingerprint density at radius 2 is 1.53 bits per heavy atom. The summed E-state index contributed by atoms with van der Waals surface area (Å²) in [6, 6.07) is 27.7. The highest BCUT2D eigenvalue weighted by Crippen LogP contribution is 2.32. The predicted octanol–water partition coefficient (Wildman–Crippen LogP) is 6.36. The highest BCUT2D eigenvalue weighted by Gasteiger charge is 2.34. The molecular weight excluding hydrogens is 633 g/mol. The number of hydrogen-bond acceptors (Lipinski definition) is 5. The van der Waals surface area contributed by atoms with Gasteiger partial charge in [-0.05, 0) is 60.0 Å². The molecule has 4 aromatic rings. The number of sulfonamides is 1. The van der Waals surface area contributed by atoms with Gasteiger partial charge in [0.15, 0.2) is 0 Å². The Hall–Kier alpha value is -4.05. The lowest BCUT2D eigenvalue weighted by Gasteiger charge is -2.34. The monoisotopic (exact) mass is 667 g/mol. The first-order valence-electron chi connectivity index (χ1n) is 14.4. The van der Waals surface area contributed by atoms with Crippen LogP contribution < -0.4 is 14.4 Å². The quantitative estimate of drug-likeness (QED) is 0.169. The van der Waals surface area contributed by atoms with Crippen LogP contribution in [0.5, 0.6) is 5.75 Å². The molecule has 0 bridgehead atoms. The average molecular weight is 669 g/mol. The fourth-order valence-corrected chi connectivity index (χ4v) is 6.70. The summed E-state index contributed by atoms with van der Waals surface area (Å²) in [7, 11) is -2.80. The van der Waals surface area contributed by atoms with Crippen molar-refractivity contribution in [1.82, 2.24) is 10.2 Å². The van der Waals surface area contributed by atoms with E-state index in [1.54, 1.807) is 42.5 Å². The van der Waals surface area contributed by atoms with Crippen molar-refractivity contribution in [3.05, 3.63) is 124 Å². The molecule has 0 aromatic heterocycles. The van der Waals surface area contributed by atoms with E-state index in [0.29, 0.717) is 29.3 Å². The molecular formula is C34H35Cl2N3O5S. The first kappa shape index (κ1) is 33.8. The second-order valence-corrected chi connectivity index (χ2v) is 13.0. The molecule has 45 heavy (non-hydrogen) atoms. The number of anilines is 1. The average Bonchev–Trinajstić information content (AvgIpc) is 3.04. The van der Waals surface area contributed by atoms with Crippen molar-refractivity contribution >= 4 is 50.7 Å². The molecule has 0 saturated heterocycles. The van der Waals surface area contributed by atoms with E-state index in [2.05, 4.69) is 5.32 Å². The van der Waals surface area contributed by atoms with Gasteiger partial charge in [0.05, 0.1) is 22.7 Å². The molecule has 236 valence electrons. The van der Waals surface area contributed by atoms with Crippen LogP contribution >= 0.6 is 23.2 Å². The summed E-state index contributed by atoms with van der Waals surface area (Å²) in [6.07, 6.45) is 0.913. The molecule has 4 rings (SSSR count). The maximum atomic E-state index is 14.5. The van der Waals surface area contributed by atoms with Crippen molar-refractivity contribution in [2.45, 2.75) is 37.2 Å². The summed E-state index contributed by atoms with van der Waals surface area (Å²) in [6.45, 7) is 1.77. The predicted molar refractivity (Wildman–Crippen MR) is 178 cm³/mol. The number of nitrogens with zero attached hydrogens (tertiary/aromatic N) is 2. The first-order chi connectivity index (χ1) is 21.6. The standard InChI is InChI=1S/C34H35Cl2N3O5S/c1-3-19-37-34(41)31(21-25-11-6-4-7-12-25)38(23-26-13-10-14-27(35)20-26)33(40)24-39(28-17-18-32(44-2)30(36)22-28)45(42,43)29-15-8-5-9-16-29/h4-18,20,22,31H,3,19,21,23-24H2,1-2H3,(H,37,41)/t31-/m1/s1. The van der Waals surface area contributed by atoms with E-state index < -0.39 is 28.5 Å². The molecule has 1 atom stereocenters. The number of benzene rings is 4. The van der Waals surface area contributed by atoms with Crippen LogP contribution in [0.2, 0.25) is 10.0 Å².